The van der Waals surface area contributed by atoms with E-state index >= 15 is 0 Å². The highest BCUT2D eigenvalue weighted by Crippen LogP contribution is 2.37. The van der Waals surface area contributed by atoms with Gasteiger partial charge in [0.25, 0.3) is 5.91 Å². The van der Waals surface area contributed by atoms with Gasteiger partial charge in [0.05, 0.1) is 19.6 Å². The highest BCUT2D eigenvalue weighted by Gasteiger charge is 2.32. The normalized spacial score (nSPS) is 16.4. The van der Waals surface area contributed by atoms with E-state index < -0.39 is 6.36 Å². The molecule has 3 aromatic carbocycles. The van der Waals surface area contributed by atoms with Gasteiger partial charge in [-0.3, -0.25) is 9.59 Å². The van der Waals surface area contributed by atoms with Gasteiger partial charge in [-0.15, -0.1) is 13.2 Å². The second kappa shape index (κ2) is 10.5. The van der Waals surface area contributed by atoms with Gasteiger partial charge in [-0.05, 0) is 96.7 Å². The standard InChI is InChI=1S/C30H28F3NO4/c1-2-37-28(35)17-22-10-9-21-16-19(7-15-25(21)22)6-8-20-4-3-5-26-27(20)18-34(29(26)36)23-11-13-24(14-12-23)38-30(31,32)33/h3-5,7,11-16,22H,2,6,8-10,17-18H2,1H3. The molecule has 0 fully saturated rings. The summed E-state index contributed by atoms with van der Waals surface area (Å²) in [5.41, 5.74) is 6.89. The molecule has 0 radical (unpaired) electrons. The number of nitrogens with zero attached hydrogens (tertiary/aromatic N) is 1. The van der Waals surface area contributed by atoms with E-state index in [-0.39, 0.29) is 23.5 Å². The van der Waals surface area contributed by atoms with Gasteiger partial charge >= 0.3 is 12.3 Å². The minimum absolute atomic E-state index is 0.151. The molecule has 1 heterocycles. The highest BCUT2D eigenvalue weighted by atomic mass is 19.4. The van der Waals surface area contributed by atoms with Gasteiger partial charge in [0.1, 0.15) is 5.75 Å². The molecule has 1 atom stereocenters. The Morgan fingerprint density at radius 1 is 1.05 bits per heavy atom. The maximum absolute atomic E-state index is 13.1. The third-order valence-corrected chi connectivity index (χ3v) is 7.26. The summed E-state index contributed by atoms with van der Waals surface area (Å²) in [6, 6.07) is 17.5. The number of esters is 1. The van der Waals surface area contributed by atoms with Crippen molar-refractivity contribution in [3.8, 4) is 5.75 Å². The highest BCUT2D eigenvalue weighted by molar-refractivity contribution is 6.10. The van der Waals surface area contributed by atoms with Crippen molar-refractivity contribution in [1.82, 2.24) is 0 Å². The number of halogens is 3. The molecular formula is C30H28F3NO4. The molecular weight excluding hydrogens is 495 g/mol. The maximum atomic E-state index is 13.1. The lowest BCUT2D eigenvalue weighted by Gasteiger charge is -2.17. The van der Waals surface area contributed by atoms with Gasteiger partial charge in [-0.25, -0.2) is 0 Å². The number of amides is 1. The number of aryl methyl sites for hydroxylation is 3. The van der Waals surface area contributed by atoms with Crippen molar-refractivity contribution in [1.29, 1.82) is 0 Å². The van der Waals surface area contributed by atoms with Crippen LogP contribution in [0.5, 0.6) is 5.75 Å². The summed E-state index contributed by atoms with van der Waals surface area (Å²) < 4.78 is 46.5. The van der Waals surface area contributed by atoms with Crippen LogP contribution < -0.4 is 9.64 Å². The fourth-order valence-electron chi connectivity index (χ4n) is 5.49. The molecule has 1 aliphatic heterocycles. The Balaban J connectivity index is 1.26. The van der Waals surface area contributed by atoms with E-state index in [4.69, 9.17) is 4.74 Å². The molecule has 3 aromatic rings. The summed E-state index contributed by atoms with van der Waals surface area (Å²) in [4.78, 5) is 26.6. The summed E-state index contributed by atoms with van der Waals surface area (Å²) in [7, 11) is 0. The molecule has 0 saturated carbocycles. The second-order valence-corrected chi connectivity index (χ2v) is 9.65. The van der Waals surface area contributed by atoms with Crippen LogP contribution >= 0.6 is 0 Å². The summed E-state index contributed by atoms with van der Waals surface area (Å²) in [5.74, 6) is -0.438. The lowest BCUT2D eigenvalue weighted by Crippen LogP contribution is -2.23. The number of carbonyl (C=O) groups excluding carboxylic acids is 2. The average Bonchev–Trinajstić information content (AvgIpc) is 3.43. The Morgan fingerprint density at radius 2 is 1.84 bits per heavy atom. The summed E-state index contributed by atoms with van der Waals surface area (Å²) in [6.07, 6.45) is -0.884. The Bertz CT molecular complexity index is 1350. The van der Waals surface area contributed by atoms with Gasteiger partial charge in [0, 0.05) is 11.3 Å². The molecule has 0 aromatic heterocycles. The fraction of sp³-hybridized carbons (Fsp3) is 0.333. The summed E-state index contributed by atoms with van der Waals surface area (Å²) >= 11 is 0. The van der Waals surface area contributed by atoms with E-state index in [9.17, 15) is 22.8 Å². The second-order valence-electron chi connectivity index (χ2n) is 9.65. The maximum Gasteiger partial charge on any atom is 0.573 e. The molecule has 5 nitrogen and oxygen atoms in total. The monoisotopic (exact) mass is 523 g/mol. The molecule has 198 valence electrons. The smallest absolute Gasteiger partial charge is 0.466 e. The van der Waals surface area contributed by atoms with Crippen LogP contribution in [0.2, 0.25) is 0 Å². The molecule has 1 unspecified atom stereocenters. The van der Waals surface area contributed by atoms with Crippen molar-refractivity contribution in [2.24, 2.45) is 0 Å². The molecule has 0 bridgehead atoms. The summed E-state index contributed by atoms with van der Waals surface area (Å²) in [6.45, 7) is 2.58. The number of benzene rings is 3. The number of rotatable bonds is 8. The van der Waals surface area contributed by atoms with Crippen LogP contribution in [0.1, 0.15) is 63.9 Å². The topological polar surface area (TPSA) is 55.8 Å². The number of anilines is 1. The van der Waals surface area contributed by atoms with Gasteiger partial charge in [-0.2, -0.15) is 0 Å². The number of alkyl halides is 3. The fourth-order valence-corrected chi connectivity index (χ4v) is 5.49. The van der Waals surface area contributed by atoms with E-state index in [1.165, 1.54) is 41.0 Å². The first-order valence-corrected chi connectivity index (χ1v) is 12.8. The largest absolute Gasteiger partial charge is 0.573 e. The number of fused-ring (bicyclic) bond motifs is 2. The Kier molecular flexibility index (Phi) is 7.15. The first-order valence-electron chi connectivity index (χ1n) is 12.8. The van der Waals surface area contributed by atoms with Crippen molar-refractivity contribution in [2.75, 3.05) is 11.5 Å². The molecule has 0 N–H and O–H groups in total. The SMILES string of the molecule is CCOC(=O)CC1CCc2cc(CCc3cccc4c3CN(c3ccc(OC(F)(F)F)cc3)C4=O)ccc21. The molecule has 5 rings (SSSR count). The molecule has 8 heteroatoms. The third kappa shape index (κ3) is 5.54. The number of hydrogen-bond acceptors (Lipinski definition) is 4. The lowest BCUT2D eigenvalue weighted by molar-refractivity contribution is -0.274. The quantitative estimate of drug-likeness (QED) is 0.316. The van der Waals surface area contributed by atoms with E-state index in [1.807, 2.05) is 19.1 Å². The van der Waals surface area contributed by atoms with Crippen molar-refractivity contribution in [3.63, 3.8) is 0 Å². The minimum atomic E-state index is -4.76. The van der Waals surface area contributed by atoms with Crippen molar-refractivity contribution < 1.29 is 32.2 Å². The van der Waals surface area contributed by atoms with Crippen LogP contribution in [0.3, 0.4) is 0 Å². The third-order valence-electron chi connectivity index (χ3n) is 7.26. The molecule has 2 aliphatic rings. The van der Waals surface area contributed by atoms with Crippen molar-refractivity contribution >= 4 is 17.6 Å². The van der Waals surface area contributed by atoms with Crippen molar-refractivity contribution in [2.45, 2.75) is 57.9 Å². The first-order chi connectivity index (χ1) is 18.2. The average molecular weight is 524 g/mol. The number of hydrogen-bond donors (Lipinski definition) is 0. The zero-order valence-corrected chi connectivity index (χ0v) is 21.0. The Morgan fingerprint density at radius 3 is 2.58 bits per heavy atom. The molecule has 38 heavy (non-hydrogen) atoms. The van der Waals surface area contributed by atoms with Crippen LogP contribution in [0.4, 0.5) is 18.9 Å². The Hall–Kier alpha value is -3.81. The Labute approximate surface area is 219 Å². The van der Waals surface area contributed by atoms with Gasteiger partial charge in [0.15, 0.2) is 0 Å². The zero-order valence-electron chi connectivity index (χ0n) is 21.0. The summed E-state index contributed by atoms with van der Waals surface area (Å²) in [5, 5.41) is 0. The predicted molar refractivity (Wildman–Crippen MR) is 136 cm³/mol. The van der Waals surface area contributed by atoms with Gasteiger partial charge < -0.3 is 14.4 Å². The van der Waals surface area contributed by atoms with Crippen LogP contribution in [0, 0.1) is 0 Å². The van der Waals surface area contributed by atoms with Crippen LogP contribution in [0.15, 0.2) is 60.7 Å². The molecule has 1 amide bonds. The van der Waals surface area contributed by atoms with Crippen molar-refractivity contribution in [3.05, 3.63) is 94.0 Å². The van der Waals surface area contributed by atoms with Crippen LogP contribution in [-0.4, -0.2) is 24.8 Å². The molecule has 0 saturated heterocycles. The zero-order chi connectivity index (χ0) is 26.9. The minimum Gasteiger partial charge on any atom is -0.466 e. The van der Waals surface area contributed by atoms with Gasteiger partial charge in [0.2, 0.25) is 0 Å². The van der Waals surface area contributed by atoms with E-state index in [0.717, 1.165) is 36.8 Å². The van der Waals surface area contributed by atoms with Crippen LogP contribution in [0.25, 0.3) is 0 Å². The molecule has 0 spiro atoms. The number of ether oxygens (including phenoxy) is 2. The predicted octanol–water partition coefficient (Wildman–Crippen LogP) is 6.51. The van der Waals surface area contributed by atoms with Crippen LogP contribution in [-0.2, 0) is 35.3 Å². The van der Waals surface area contributed by atoms with E-state index in [2.05, 4.69) is 22.9 Å². The lowest BCUT2D eigenvalue weighted by atomic mass is 9.94. The van der Waals surface area contributed by atoms with E-state index in [1.54, 1.807) is 11.0 Å². The molecule has 1 aliphatic carbocycles. The first kappa shape index (κ1) is 25.8. The van der Waals surface area contributed by atoms with E-state index in [0.29, 0.717) is 30.8 Å². The number of carbonyl (C=O) groups is 2. The van der Waals surface area contributed by atoms with Gasteiger partial charge in [-0.1, -0.05) is 30.3 Å².